The highest BCUT2D eigenvalue weighted by Gasteiger charge is 2.19. The van der Waals surface area contributed by atoms with E-state index in [0.717, 1.165) is 5.56 Å². The minimum Gasteiger partial charge on any atom is -0.496 e. The van der Waals surface area contributed by atoms with Gasteiger partial charge in [-0.1, -0.05) is 32.0 Å². The van der Waals surface area contributed by atoms with Crippen molar-refractivity contribution < 1.29 is 19.4 Å². The Labute approximate surface area is 119 Å². The van der Waals surface area contributed by atoms with Crippen molar-refractivity contribution in [2.75, 3.05) is 20.2 Å². The predicted molar refractivity (Wildman–Crippen MR) is 75.8 cm³/mol. The van der Waals surface area contributed by atoms with Crippen LogP contribution in [0.15, 0.2) is 24.3 Å². The van der Waals surface area contributed by atoms with Crippen molar-refractivity contribution in [1.29, 1.82) is 0 Å². The number of benzene rings is 1. The van der Waals surface area contributed by atoms with E-state index in [9.17, 15) is 9.59 Å². The van der Waals surface area contributed by atoms with Crippen molar-refractivity contribution in [3.63, 3.8) is 0 Å². The molecule has 110 valence electrons. The number of amides is 1. The van der Waals surface area contributed by atoms with Gasteiger partial charge >= 0.3 is 5.97 Å². The van der Waals surface area contributed by atoms with Crippen LogP contribution in [0, 0.1) is 5.92 Å². The fourth-order valence-corrected chi connectivity index (χ4v) is 1.98. The van der Waals surface area contributed by atoms with E-state index in [1.807, 2.05) is 32.0 Å². The van der Waals surface area contributed by atoms with Crippen LogP contribution in [0.3, 0.4) is 0 Å². The number of nitrogens with zero attached hydrogens (tertiary/aromatic N) is 1. The Bertz CT molecular complexity index is 471. The maximum Gasteiger partial charge on any atom is 0.323 e. The van der Waals surface area contributed by atoms with E-state index in [4.69, 9.17) is 9.84 Å². The quantitative estimate of drug-likeness (QED) is 0.826. The van der Waals surface area contributed by atoms with Gasteiger partial charge in [-0.2, -0.15) is 0 Å². The van der Waals surface area contributed by atoms with Crippen LogP contribution >= 0.6 is 0 Å². The van der Waals surface area contributed by atoms with E-state index in [1.54, 1.807) is 13.2 Å². The zero-order valence-corrected chi connectivity index (χ0v) is 12.1. The molecule has 1 rings (SSSR count). The van der Waals surface area contributed by atoms with E-state index in [-0.39, 0.29) is 24.8 Å². The Balaban J connectivity index is 2.81. The number of ether oxygens (including phenoxy) is 1. The highest BCUT2D eigenvalue weighted by atomic mass is 16.5. The maximum absolute atomic E-state index is 12.3. The third-order valence-electron chi connectivity index (χ3n) is 2.80. The molecule has 20 heavy (non-hydrogen) atoms. The number of carboxylic acid groups (broad SMARTS) is 1. The first-order valence-corrected chi connectivity index (χ1v) is 6.55. The Morgan fingerprint density at radius 1 is 1.30 bits per heavy atom. The van der Waals surface area contributed by atoms with Crippen LogP contribution in [0.25, 0.3) is 0 Å². The molecular weight excluding hydrogens is 258 g/mol. The number of para-hydroxylation sites is 1. The summed E-state index contributed by atoms with van der Waals surface area (Å²) >= 11 is 0. The first-order valence-electron chi connectivity index (χ1n) is 6.55. The summed E-state index contributed by atoms with van der Waals surface area (Å²) in [6.07, 6.45) is 0.143. The average Bonchev–Trinajstić information content (AvgIpc) is 2.37. The lowest BCUT2D eigenvalue weighted by Crippen LogP contribution is -2.39. The Hall–Kier alpha value is -2.04. The Morgan fingerprint density at radius 3 is 2.50 bits per heavy atom. The second kappa shape index (κ2) is 7.53. The fourth-order valence-electron chi connectivity index (χ4n) is 1.98. The monoisotopic (exact) mass is 279 g/mol. The molecule has 0 radical (unpaired) electrons. The second-order valence-corrected chi connectivity index (χ2v) is 5.05. The summed E-state index contributed by atoms with van der Waals surface area (Å²) in [5, 5.41) is 8.89. The lowest BCUT2D eigenvalue weighted by atomic mass is 10.1. The molecule has 0 bridgehead atoms. The molecule has 0 saturated heterocycles. The molecule has 1 aromatic rings. The average molecular weight is 279 g/mol. The lowest BCUT2D eigenvalue weighted by Gasteiger charge is -2.23. The topological polar surface area (TPSA) is 66.8 Å². The molecule has 1 amide bonds. The number of hydrogen-bond acceptors (Lipinski definition) is 3. The molecule has 5 heteroatoms. The van der Waals surface area contributed by atoms with Gasteiger partial charge in [0, 0.05) is 12.1 Å². The van der Waals surface area contributed by atoms with E-state index in [2.05, 4.69) is 0 Å². The minimum atomic E-state index is -1.00. The Kier molecular flexibility index (Phi) is 6.03. The van der Waals surface area contributed by atoms with E-state index in [0.29, 0.717) is 12.3 Å². The molecule has 1 aromatic carbocycles. The summed E-state index contributed by atoms with van der Waals surface area (Å²) in [7, 11) is 1.55. The summed E-state index contributed by atoms with van der Waals surface area (Å²) in [6.45, 7) is 4.06. The largest absolute Gasteiger partial charge is 0.496 e. The third kappa shape index (κ3) is 4.91. The van der Waals surface area contributed by atoms with Gasteiger partial charge in [-0.25, -0.2) is 0 Å². The smallest absolute Gasteiger partial charge is 0.323 e. The standard InChI is InChI=1S/C15H21NO4/c1-11(2)9-16(10-15(18)19)14(17)8-12-6-4-5-7-13(12)20-3/h4-7,11H,8-10H2,1-3H3,(H,18,19). The summed E-state index contributed by atoms with van der Waals surface area (Å²) in [5.41, 5.74) is 0.763. The van der Waals surface area contributed by atoms with Gasteiger partial charge in [0.05, 0.1) is 13.5 Å². The number of methoxy groups -OCH3 is 1. The molecule has 1 N–H and O–H groups in total. The fraction of sp³-hybridized carbons (Fsp3) is 0.467. The van der Waals surface area contributed by atoms with Crippen LogP contribution in [-0.4, -0.2) is 42.1 Å². The van der Waals surface area contributed by atoms with Gasteiger partial charge in [0.2, 0.25) is 5.91 Å². The van der Waals surface area contributed by atoms with E-state index in [1.165, 1.54) is 4.90 Å². The summed E-state index contributed by atoms with van der Waals surface area (Å²) < 4.78 is 5.20. The van der Waals surface area contributed by atoms with Crippen molar-refractivity contribution in [2.45, 2.75) is 20.3 Å². The van der Waals surface area contributed by atoms with Gasteiger partial charge in [0.1, 0.15) is 12.3 Å². The third-order valence-corrected chi connectivity index (χ3v) is 2.80. The molecule has 0 aliphatic heterocycles. The van der Waals surface area contributed by atoms with Crippen molar-refractivity contribution in [1.82, 2.24) is 4.90 Å². The second-order valence-electron chi connectivity index (χ2n) is 5.05. The number of carboxylic acids is 1. The molecule has 0 saturated carbocycles. The number of hydrogen-bond donors (Lipinski definition) is 1. The first-order chi connectivity index (χ1) is 9.43. The maximum atomic E-state index is 12.3. The molecule has 0 atom stereocenters. The molecule has 0 aromatic heterocycles. The van der Waals surface area contributed by atoms with Crippen molar-refractivity contribution in [2.24, 2.45) is 5.92 Å². The van der Waals surface area contributed by atoms with Gasteiger partial charge in [-0.15, -0.1) is 0 Å². The SMILES string of the molecule is COc1ccccc1CC(=O)N(CC(=O)O)CC(C)C. The van der Waals surface area contributed by atoms with Gasteiger partial charge < -0.3 is 14.7 Å². The molecule has 0 aliphatic rings. The van der Waals surface area contributed by atoms with Crippen LogP contribution < -0.4 is 4.74 Å². The summed E-state index contributed by atoms with van der Waals surface area (Å²) in [4.78, 5) is 24.5. The van der Waals surface area contributed by atoms with Crippen LogP contribution in [-0.2, 0) is 16.0 Å². The van der Waals surface area contributed by atoms with Crippen molar-refractivity contribution >= 4 is 11.9 Å². The van der Waals surface area contributed by atoms with Crippen LogP contribution in [0.5, 0.6) is 5.75 Å². The number of rotatable bonds is 7. The van der Waals surface area contributed by atoms with Gasteiger partial charge in [0.15, 0.2) is 0 Å². The normalized spacial score (nSPS) is 10.4. The van der Waals surface area contributed by atoms with Gasteiger partial charge in [0.25, 0.3) is 0 Å². The van der Waals surface area contributed by atoms with Gasteiger partial charge in [-0.05, 0) is 12.0 Å². The van der Waals surface area contributed by atoms with E-state index < -0.39 is 5.97 Å². The first kappa shape index (κ1) is 16.0. The highest BCUT2D eigenvalue weighted by Crippen LogP contribution is 2.18. The lowest BCUT2D eigenvalue weighted by molar-refractivity contribution is -0.144. The minimum absolute atomic E-state index is 0.143. The van der Waals surface area contributed by atoms with Gasteiger partial charge in [-0.3, -0.25) is 9.59 Å². The molecule has 0 unspecified atom stereocenters. The van der Waals surface area contributed by atoms with Crippen LogP contribution in [0.2, 0.25) is 0 Å². The van der Waals surface area contributed by atoms with Crippen LogP contribution in [0.4, 0.5) is 0 Å². The number of carbonyl (C=O) groups excluding carboxylic acids is 1. The van der Waals surface area contributed by atoms with Crippen molar-refractivity contribution in [3.8, 4) is 5.75 Å². The number of aliphatic carboxylic acids is 1. The molecular formula is C15H21NO4. The predicted octanol–water partition coefficient (Wildman–Crippen LogP) is 1.81. The Morgan fingerprint density at radius 2 is 1.95 bits per heavy atom. The zero-order chi connectivity index (χ0) is 15.1. The van der Waals surface area contributed by atoms with E-state index >= 15 is 0 Å². The highest BCUT2D eigenvalue weighted by molar-refractivity contribution is 5.83. The molecule has 5 nitrogen and oxygen atoms in total. The van der Waals surface area contributed by atoms with Crippen molar-refractivity contribution in [3.05, 3.63) is 29.8 Å². The molecule has 0 fully saturated rings. The zero-order valence-electron chi connectivity index (χ0n) is 12.1. The molecule has 0 heterocycles. The molecule has 0 spiro atoms. The number of carbonyl (C=O) groups is 2. The van der Waals surface area contributed by atoms with Crippen LogP contribution in [0.1, 0.15) is 19.4 Å². The summed E-state index contributed by atoms with van der Waals surface area (Å²) in [5.74, 6) is -0.346. The summed E-state index contributed by atoms with van der Waals surface area (Å²) in [6, 6.07) is 7.25. The molecule has 0 aliphatic carbocycles.